The molecule has 2 aromatic carbocycles. The monoisotopic (exact) mass is 428 g/mol. The van der Waals surface area contributed by atoms with Gasteiger partial charge in [-0.15, -0.1) is 0 Å². The summed E-state index contributed by atoms with van der Waals surface area (Å²) in [6.07, 6.45) is 2.79. The Balaban J connectivity index is 1.48. The van der Waals surface area contributed by atoms with Gasteiger partial charge in [-0.25, -0.2) is 8.42 Å². The number of amides is 1. The van der Waals surface area contributed by atoms with Gasteiger partial charge in [0.15, 0.2) is 15.8 Å². The fourth-order valence-corrected chi connectivity index (χ4v) is 4.16. The summed E-state index contributed by atoms with van der Waals surface area (Å²) in [4.78, 5) is 17.9. The number of aliphatic imine (C=N–C) groups is 1. The molecule has 0 saturated carbocycles. The minimum absolute atomic E-state index is 0.0502. The first-order chi connectivity index (χ1) is 14.3. The zero-order valence-electron chi connectivity index (χ0n) is 17.4. The van der Waals surface area contributed by atoms with Crippen LogP contribution in [0.25, 0.3) is 0 Å². The van der Waals surface area contributed by atoms with E-state index >= 15 is 0 Å². The third-order valence-corrected chi connectivity index (χ3v) is 5.77. The van der Waals surface area contributed by atoms with Gasteiger partial charge in [-0.3, -0.25) is 9.79 Å². The molecule has 1 saturated heterocycles. The third kappa shape index (κ3) is 6.32. The van der Waals surface area contributed by atoms with Crippen LogP contribution >= 0.6 is 0 Å². The van der Waals surface area contributed by atoms with Crippen LogP contribution < -0.4 is 15.5 Å². The van der Waals surface area contributed by atoms with Crippen molar-refractivity contribution in [1.82, 2.24) is 10.6 Å². The van der Waals surface area contributed by atoms with Crippen LogP contribution in [0.2, 0.25) is 0 Å². The molecule has 8 heteroatoms. The number of anilines is 1. The van der Waals surface area contributed by atoms with E-state index in [1.807, 2.05) is 53.4 Å². The first-order valence-corrected chi connectivity index (χ1v) is 12.0. The Hall–Kier alpha value is -2.87. The Morgan fingerprint density at radius 1 is 0.967 bits per heavy atom. The number of hydrogen-bond acceptors (Lipinski definition) is 4. The molecular weight excluding hydrogens is 400 g/mol. The van der Waals surface area contributed by atoms with E-state index in [4.69, 9.17) is 0 Å². The zero-order valence-corrected chi connectivity index (χ0v) is 18.2. The van der Waals surface area contributed by atoms with Crippen LogP contribution in [0.4, 0.5) is 5.69 Å². The predicted molar refractivity (Wildman–Crippen MR) is 120 cm³/mol. The second-order valence-electron chi connectivity index (χ2n) is 7.48. The van der Waals surface area contributed by atoms with E-state index in [0.29, 0.717) is 25.5 Å². The average molecular weight is 429 g/mol. The van der Waals surface area contributed by atoms with Gasteiger partial charge in [-0.05, 0) is 35.2 Å². The fourth-order valence-electron chi connectivity index (χ4n) is 3.36. The predicted octanol–water partition coefficient (Wildman–Crippen LogP) is 2.22. The molecule has 0 spiro atoms. The summed E-state index contributed by atoms with van der Waals surface area (Å²) in [5.74, 6) is 0.915. The van der Waals surface area contributed by atoms with E-state index < -0.39 is 9.84 Å². The average Bonchev–Trinajstić information content (AvgIpc) is 3.14. The molecule has 160 valence electrons. The summed E-state index contributed by atoms with van der Waals surface area (Å²) >= 11 is 0. The van der Waals surface area contributed by atoms with Gasteiger partial charge in [-0.2, -0.15) is 0 Å². The van der Waals surface area contributed by atoms with E-state index in [-0.39, 0.29) is 11.7 Å². The van der Waals surface area contributed by atoms with E-state index in [1.165, 1.54) is 6.26 Å². The highest BCUT2D eigenvalue weighted by Crippen LogP contribution is 2.21. The molecule has 0 unspecified atom stereocenters. The number of rotatable bonds is 7. The molecule has 30 heavy (non-hydrogen) atoms. The molecule has 1 fully saturated rings. The topological polar surface area (TPSA) is 90.9 Å². The van der Waals surface area contributed by atoms with Gasteiger partial charge in [0.1, 0.15) is 0 Å². The summed E-state index contributed by atoms with van der Waals surface area (Å²) in [5, 5.41) is 6.53. The SMILES string of the molecule is CN=C(NCc1ccc(CS(C)(=O)=O)cc1)NCc1ccc(N2CCCC2=O)cc1. The normalized spacial score (nSPS) is 14.8. The minimum Gasteiger partial charge on any atom is -0.352 e. The van der Waals surface area contributed by atoms with Crippen molar-refractivity contribution in [2.24, 2.45) is 4.99 Å². The van der Waals surface area contributed by atoms with Crippen molar-refractivity contribution in [3.05, 3.63) is 65.2 Å². The largest absolute Gasteiger partial charge is 0.352 e. The number of benzene rings is 2. The quantitative estimate of drug-likeness (QED) is 0.521. The van der Waals surface area contributed by atoms with Gasteiger partial charge in [-0.1, -0.05) is 36.4 Å². The molecule has 0 aromatic heterocycles. The van der Waals surface area contributed by atoms with E-state index in [0.717, 1.165) is 35.3 Å². The van der Waals surface area contributed by atoms with Crippen LogP contribution in [0.1, 0.15) is 29.5 Å². The minimum atomic E-state index is -3.03. The highest BCUT2D eigenvalue weighted by Gasteiger charge is 2.21. The Morgan fingerprint density at radius 2 is 1.50 bits per heavy atom. The first-order valence-electron chi connectivity index (χ1n) is 9.93. The Kier molecular flexibility index (Phi) is 7.10. The molecule has 1 aliphatic rings. The summed E-state index contributed by atoms with van der Waals surface area (Å²) in [5.41, 5.74) is 3.86. The van der Waals surface area contributed by atoms with Crippen molar-refractivity contribution >= 4 is 27.4 Å². The second kappa shape index (κ2) is 9.75. The number of guanidine groups is 1. The number of carbonyl (C=O) groups excluding carboxylic acids is 1. The van der Waals surface area contributed by atoms with Gasteiger partial charge in [0, 0.05) is 45.0 Å². The molecule has 2 aromatic rings. The van der Waals surface area contributed by atoms with Crippen molar-refractivity contribution in [3.63, 3.8) is 0 Å². The summed E-state index contributed by atoms with van der Waals surface area (Å²) < 4.78 is 22.7. The lowest BCUT2D eigenvalue weighted by molar-refractivity contribution is -0.117. The summed E-state index contributed by atoms with van der Waals surface area (Å²) in [6, 6.07) is 15.5. The molecule has 0 bridgehead atoms. The van der Waals surface area contributed by atoms with Crippen molar-refractivity contribution in [2.75, 3.05) is 24.7 Å². The zero-order chi connectivity index (χ0) is 21.6. The highest BCUT2D eigenvalue weighted by molar-refractivity contribution is 7.89. The molecule has 7 nitrogen and oxygen atoms in total. The number of sulfone groups is 1. The van der Waals surface area contributed by atoms with Gasteiger partial charge in [0.25, 0.3) is 0 Å². The van der Waals surface area contributed by atoms with E-state index in [2.05, 4.69) is 15.6 Å². The van der Waals surface area contributed by atoms with Crippen LogP contribution in [-0.4, -0.2) is 40.1 Å². The molecule has 3 rings (SSSR count). The van der Waals surface area contributed by atoms with Crippen molar-refractivity contribution in [3.8, 4) is 0 Å². The number of nitrogens with zero attached hydrogens (tertiary/aromatic N) is 2. The summed E-state index contributed by atoms with van der Waals surface area (Å²) in [7, 11) is -1.31. The van der Waals surface area contributed by atoms with Crippen molar-refractivity contribution < 1.29 is 13.2 Å². The molecule has 0 radical (unpaired) electrons. The third-order valence-electron chi connectivity index (χ3n) is 4.92. The van der Waals surface area contributed by atoms with Crippen molar-refractivity contribution in [2.45, 2.75) is 31.7 Å². The van der Waals surface area contributed by atoms with Crippen LogP contribution in [0.15, 0.2) is 53.5 Å². The molecular formula is C22H28N4O3S. The van der Waals surface area contributed by atoms with Crippen LogP contribution in [-0.2, 0) is 33.5 Å². The molecule has 1 amide bonds. The lowest BCUT2D eigenvalue weighted by Gasteiger charge is -2.16. The first kappa shape index (κ1) is 21.8. The lowest BCUT2D eigenvalue weighted by atomic mass is 10.1. The number of hydrogen-bond donors (Lipinski definition) is 2. The molecule has 2 N–H and O–H groups in total. The number of carbonyl (C=O) groups is 1. The molecule has 0 atom stereocenters. The Labute approximate surface area is 178 Å². The maximum Gasteiger partial charge on any atom is 0.227 e. The van der Waals surface area contributed by atoms with Crippen LogP contribution in [0, 0.1) is 0 Å². The van der Waals surface area contributed by atoms with Crippen LogP contribution in [0.3, 0.4) is 0 Å². The molecule has 1 heterocycles. The standard InChI is InChI=1S/C22H28N4O3S/c1-23-22(24-14-17-5-7-19(8-6-17)16-30(2,28)29)25-15-18-9-11-20(12-10-18)26-13-3-4-21(26)27/h5-12H,3-4,13-16H2,1-2H3,(H2,23,24,25). The smallest absolute Gasteiger partial charge is 0.227 e. The maximum absolute atomic E-state index is 11.8. The Bertz CT molecular complexity index is 1000. The fraction of sp³-hybridized carbons (Fsp3) is 0.364. The van der Waals surface area contributed by atoms with Gasteiger partial charge in [0.2, 0.25) is 5.91 Å². The second-order valence-corrected chi connectivity index (χ2v) is 9.62. The molecule has 0 aliphatic carbocycles. The van der Waals surface area contributed by atoms with E-state index in [1.54, 1.807) is 7.05 Å². The molecule has 1 aliphatic heterocycles. The van der Waals surface area contributed by atoms with Crippen LogP contribution in [0.5, 0.6) is 0 Å². The highest BCUT2D eigenvalue weighted by atomic mass is 32.2. The van der Waals surface area contributed by atoms with Gasteiger partial charge >= 0.3 is 0 Å². The van der Waals surface area contributed by atoms with Crippen molar-refractivity contribution in [1.29, 1.82) is 0 Å². The maximum atomic E-state index is 11.8. The van der Waals surface area contributed by atoms with E-state index in [9.17, 15) is 13.2 Å². The van der Waals surface area contributed by atoms with Gasteiger partial charge in [0.05, 0.1) is 5.75 Å². The summed E-state index contributed by atoms with van der Waals surface area (Å²) in [6.45, 7) is 1.98. The Morgan fingerprint density at radius 3 is 1.97 bits per heavy atom. The van der Waals surface area contributed by atoms with Gasteiger partial charge < -0.3 is 15.5 Å². The lowest BCUT2D eigenvalue weighted by Crippen LogP contribution is -2.36. The number of nitrogens with one attached hydrogen (secondary N) is 2.